The van der Waals surface area contributed by atoms with E-state index in [1.807, 2.05) is 6.92 Å². The number of amides is 2. The fraction of sp³-hybridized carbons (Fsp3) is 0.889. The second-order valence-corrected chi connectivity index (χ2v) is 4.02. The molecule has 0 aromatic carbocycles. The summed E-state index contributed by atoms with van der Waals surface area (Å²) in [6, 6.07) is -0.875. The molecule has 0 aromatic heterocycles. The lowest BCUT2D eigenvalue weighted by atomic mass is 9.95. The Hall–Kier alpha value is -0.980. The molecule has 2 unspecified atom stereocenters. The molecule has 0 radical (unpaired) electrons. The number of halogens is 3. The molecule has 1 saturated heterocycles. The number of urea groups is 1. The lowest BCUT2D eigenvalue weighted by Crippen LogP contribution is -2.53. The first-order valence-corrected chi connectivity index (χ1v) is 5.20. The van der Waals surface area contributed by atoms with Gasteiger partial charge in [0.15, 0.2) is 0 Å². The average Bonchev–Trinajstić information content (AvgIpc) is 2.18. The van der Waals surface area contributed by atoms with Gasteiger partial charge in [-0.2, -0.15) is 13.2 Å². The molecule has 7 heteroatoms. The third-order valence-corrected chi connectivity index (χ3v) is 2.59. The van der Waals surface area contributed by atoms with Gasteiger partial charge in [0.1, 0.15) is 6.54 Å². The molecule has 0 aliphatic carbocycles. The highest BCUT2D eigenvalue weighted by Crippen LogP contribution is 2.13. The maximum absolute atomic E-state index is 11.8. The van der Waals surface area contributed by atoms with Gasteiger partial charge in [-0.05, 0) is 18.9 Å². The summed E-state index contributed by atoms with van der Waals surface area (Å²) in [5.41, 5.74) is 0. The number of carbonyl (C=O) groups excluding carboxylic acids is 1. The van der Waals surface area contributed by atoms with Crippen molar-refractivity contribution in [3.8, 4) is 0 Å². The zero-order valence-corrected chi connectivity index (χ0v) is 9.03. The number of nitrogens with one attached hydrogen (secondary N) is 3. The normalized spacial score (nSPS) is 26.2. The molecule has 16 heavy (non-hydrogen) atoms. The molecule has 0 bridgehead atoms. The Morgan fingerprint density at radius 3 is 2.75 bits per heavy atom. The summed E-state index contributed by atoms with van der Waals surface area (Å²) in [6.45, 7) is 2.15. The SMILES string of the molecule is CC1CCNCC1NC(=O)NCC(F)(F)F. The quantitative estimate of drug-likeness (QED) is 0.669. The lowest BCUT2D eigenvalue weighted by molar-refractivity contribution is -0.122. The number of alkyl halides is 3. The minimum atomic E-state index is -4.37. The van der Waals surface area contributed by atoms with Gasteiger partial charge in [0.25, 0.3) is 0 Å². The van der Waals surface area contributed by atoms with Crippen LogP contribution in [0.3, 0.4) is 0 Å². The zero-order valence-electron chi connectivity index (χ0n) is 9.03. The predicted molar refractivity (Wildman–Crippen MR) is 53.0 cm³/mol. The van der Waals surface area contributed by atoms with Crippen LogP contribution in [-0.4, -0.2) is 37.9 Å². The van der Waals surface area contributed by atoms with Gasteiger partial charge < -0.3 is 16.0 Å². The maximum Gasteiger partial charge on any atom is 0.405 e. The summed E-state index contributed by atoms with van der Waals surface area (Å²) in [5, 5.41) is 7.39. The highest BCUT2D eigenvalue weighted by Gasteiger charge is 2.29. The Balaban J connectivity index is 2.28. The summed E-state index contributed by atoms with van der Waals surface area (Å²) in [5.74, 6) is 0.276. The molecular formula is C9H16F3N3O. The summed E-state index contributed by atoms with van der Waals surface area (Å²) >= 11 is 0. The van der Waals surface area contributed by atoms with Crippen LogP contribution in [0.15, 0.2) is 0 Å². The van der Waals surface area contributed by atoms with Crippen molar-refractivity contribution in [3.63, 3.8) is 0 Å². The number of rotatable bonds is 2. The fourth-order valence-electron chi connectivity index (χ4n) is 1.58. The predicted octanol–water partition coefficient (Wildman–Crippen LogP) is 0.846. The van der Waals surface area contributed by atoms with Gasteiger partial charge in [-0.15, -0.1) is 0 Å². The van der Waals surface area contributed by atoms with E-state index in [0.717, 1.165) is 13.0 Å². The lowest BCUT2D eigenvalue weighted by Gasteiger charge is -2.30. The van der Waals surface area contributed by atoms with Crippen molar-refractivity contribution in [1.29, 1.82) is 0 Å². The molecule has 3 N–H and O–H groups in total. The number of carbonyl (C=O) groups is 1. The van der Waals surface area contributed by atoms with Gasteiger partial charge in [0, 0.05) is 12.6 Å². The standard InChI is InChI=1S/C9H16F3N3O/c1-6-2-3-13-4-7(6)15-8(16)14-5-9(10,11)12/h6-7,13H,2-5H2,1H3,(H2,14,15,16). The molecule has 1 rings (SSSR count). The van der Waals surface area contributed by atoms with Crippen LogP contribution in [0, 0.1) is 5.92 Å². The van der Waals surface area contributed by atoms with E-state index < -0.39 is 18.8 Å². The van der Waals surface area contributed by atoms with E-state index in [1.165, 1.54) is 0 Å². The van der Waals surface area contributed by atoms with E-state index in [2.05, 4.69) is 10.6 Å². The van der Waals surface area contributed by atoms with E-state index >= 15 is 0 Å². The minimum absolute atomic E-state index is 0.109. The van der Waals surface area contributed by atoms with Crippen molar-refractivity contribution < 1.29 is 18.0 Å². The van der Waals surface area contributed by atoms with E-state index in [1.54, 1.807) is 5.32 Å². The van der Waals surface area contributed by atoms with Crippen LogP contribution in [0.25, 0.3) is 0 Å². The van der Waals surface area contributed by atoms with E-state index in [0.29, 0.717) is 6.54 Å². The Morgan fingerprint density at radius 2 is 2.19 bits per heavy atom. The molecule has 1 fully saturated rings. The smallest absolute Gasteiger partial charge is 0.334 e. The molecule has 0 saturated carbocycles. The Kier molecular flexibility index (Phi) is 4.40. The van der Waals surface area contributed by atoms with Crippen molar-refractivity contribution in [1.82, 2.24) is 16.0 Å². The summed E-state index contributed by atoms with van der Waals surface area (Å²) in [7, 11) is 0. The number of hydrogen-bond acceptors (Lipinski definition) is 2. The van der Waals surface area contributed by atoms with Crippen LogP contribution in [0.5, 0.6) is 0 Å². The Labute approximate surface area is 92.0 Å². The van der Waals surface area contributed by atoms with Gasteiger partial charge in [-0.3, -0.25) is 0 Å². The minimum Gasteiger partial charge on any atom is -0.334 e. The van der Waals surface area contributed by atoms with Crippen LogP contribution < -0.4 is 16.0 Å². The molecule has 1 aliphatic rings. The first kappa shape index (κ1) is 13.1. The van der Waals surface area contributed by atoms with Crippen LogP contribution in [0.1, 0.15) is 13.3 Å². The number of piperidine rings is 1. The first-order valence-electron chi connectivity index (χ1n) is 5.20. The van der Waals surface area contributed by atoms with Crippen molar-refractivity contribution >= 4 is 6.03 Å². The molecule has 1 heterocycles. The average molecular weight is 239 g/mol. The Morgan fingerprint density at radius 1 is 1.50 bits per heavy atom. The van der Waals surface area contributed by atoms with E-state index in [-0.39, 0.29) is 12.0 Å². The molecule has 1 aliphatic heterocycles. The van der Waals surface area contributed by atoms with E-state index in [9.17, 15) is 18.0 Å². The zero-order chi connectivity index (χ0) is 12.2. The third-order valence-electron chi connectivity index (χ3n) is 2.59. The van der Waals surface area contributed by atoms with Crippen molar-refractivity contribution in [2.75, 3.05) is 19.6 Å². The molecule has 2 amide bonds. The summed E-state index contributed by atoms with van der Waals surface area (Å²) in [4.78, 5) is 11.2. The largest absolute Gasteiger partial charge is 0.405 e. The van der Waals surface area contributed by atoms with Crippen molar-refractivity contribution in [2.45, 2.75) is 25.6 Å². The van der Waals surface area contributed by atoms with E-state index in [4.69, 9.17) is 0 Å². The van der Waals surface area contributed by atoms with Crippen molar-refractivity contribution in [2.24, 2.45) is 5.92 Å². The van der Waals surface area contributed by atoms with Crippen LogP contribution >= 0.6 is 0 Å². The molecule has 94 valence electrons. The highest BCUT2D eigenvalue weighted by molar-refractivity contribution is 5.74. The van der Waals surface area contributed by atoms with Gasteiger partial charge >= 0.3 is 12.2 Å². The summed E-state index contributed by atoms with van der Waals surface area (Å²) in [6.07, 6.45) is -3.46. The number of hydrogen-bond donors (Lipinski definition) is 3. The van der Waals surface area contributed by atoms with Crippen LogP contribution in [0.2, 0.25) is 0 Å². The molecule has 0 aromatic rings. The monoisotopic (exact) mass is 239 g/mol. The Bertz CT molecular complexity index is 245. The molecule has 2 atom stereocenters. The third kappa shape index (κ3) is 4.69. The van der Waals surface area contributed by atoms with Crippen LogP contribution in [-0.2, 0) is 0 Å². The summed E-state index contributed by atoms with van der Waals surface area (Å²) < 4.78 is 35.4. The first-order chi connectivity index (χ1) is 7.38. The fourth-order valence-corrected chi connectivity index (χ4v) is 1.58. The molecule has 4 nitrogen and oxygen atoms in total. The maximum atomic E-state index is 11.8. The second kappa shape index (κ2) is 5.38. The van der Waals surface area contributed by atoms with Crippen LogP contribution in [0.4, 0.5) is 18.0 Å². The second-order valence-electron chi connectivity index (χ2n) is 4.02. The molecule has 0 spiro atoms. The molecular weight excluding hydrogens is 223 g/mol. The van der Waals surface area contributed by atoms with Gasteiger partial charge in [-0.25, -0.2) is 4.79 Å². The topological polar surface area (TPSA) is 53.2 Å². The van der Waals surface area contributed by atoms with Crippen molar-refractivity contribution in [3.05, 3.63) is 0 Å². The highest BCUT2D eigenvalue weighted by atomic mass is 19.4. The van der Waals surface area contributed by atoms with Gasteiger partial charge in [-0.1, -0.05) is 6.92 Å². The van der Waals surface area contributed by atoms with Gasteiger partial charge in [0.2, 0.25) is 0 Å². The van der Waals surface area contributed by atoms with Gasteiger partial charge in [0.05, 0.1) is 0 Å².